The number of hydrogen-bond donors (Lipinski definition) is 2. The first-order chi connectivity index (χ1) is 12.2. The molecule has 0 aromatic heterocycles. The zero-order valence-electron chi connectivity index (χ0n) is 14.0. The van der Waals surface area contributed by atoms with Crippen molar-refractivity contribution in [1.29, 1.82) is 5.26 Å². The highest BCUT2D eigenvalue weighted by Gasteiger charge is 2.15. The number of rotatable bonds is 6. The molecule has 0 radical (unpaired) electrons. The molecule has 128 valence electrons. The zero-order valence-corrected chi connectivity index (χ0v) is 14.0. The van der Waals surface area contributed by atoms with Crippen molar-refractivity contribution in [3.05, 3.63) is 69.3 Å². The minimum absolute atomic E-state index is 0.0733. The van der Waals surface area contributed by atoms with Crippen LogP contribution in [-0.4, -0.2) is 18.0 Å². The molecule has 1 saturated heterocycles. The fraction of sp³-hybridized carbons (Fsp3) is 0.316. The highest BCUT2D eigenvalue weighted by Crippen LogP contribution is 2.22. The first-order valence-electron chi connectivity index (χ1n) is 8.49. The maximum atomic E-state index is 10.8. The van der Waals surface area contributed by atoms with Crippen LogP contribution in [0.1, 0.15) is 29.5 Å². The number of nitrogens with one attached hydrogen (secondary N) is 2. The third kappa shape index (κ3) is 4.34. The molecular formula is C19H21N4O2+. The van der Waals surface area contributed by atoms with E-state index >= 15 is 0 Å². The number of likely N-dealkylation sites (tertiary alicyclic amines) is 1. The van der Waals surface area contributed by atoms with E-state index in [0.29, 0.717) is 12.2 Å². The average molecular weight is 337 g/mol. The minimum atomic E-state index is -0.494. The molecule has 0 bridgehead atoms. The molecule has 0 saturated carbocycles. The average Bonchev–Trinajstić information content (AvgIpc) is 3.14. The summed E-state index contributed by atoms with van der Waals surface area (Å²) in [6.07, 6.45) is 2.65. The highest BCUT2D eigenvalue weighted by molar-refractivity contribution is 5.61. The summed E-state index contributed by atoms with van der Waals surface area (Å²) in [5, 5.41) is 23.2. The maximum Gasteiger partial charge on any atom is 0.270 e. The topological polar surface area (TPSA) is 83.4 Å². The molecule has 2 aromatic rings. The van der Waals surface area contributed by atoms with Crippen molar-refractivity contribution in [2.45, 2.75) is 25.9 Å². The van der Waals surface area contributed by atoms with Crippen molar-refractivity contribution < 1.29 is 9.82 Å². The fourth-order valence-corrected chi connectivity index (χ4v) is 3.21. The third-order valence-electron chi connectivity index (χ3n) is 4.61. The van der Waals surface area contributed by atoms with Gasteiger partial charge in [0.05, 0.1) is 29.3 Å². The van der Waals surface area contributed by atoms with Gasteiger partial charge in [0.15, 0.2) is 0 Å². The Labute approximate surface area is 146 Å². The summed E-state index contributed by atoms with van der Waals surface area (Å²) in [5.41, 5.74) is 3.27. The number of anilines is 1. The normalized spacial score (nSPS) is 14.2. The van der Waals surface area contributed by atoms with Gasteiger partial charge in [0, 0.05) is 37.1 Å². The van der Waals surface area contributed by atoms with Crippen LogP contribution in [0.3, 0.4) is 0 Å². The second kappa shape index (κ2) is 7.77. The molecule has 0 unspecified atom stereocenters. The SMILES string of the molecule is N#Cc1cc([N+](=O)[O-])ccc1NCc1ccc(C[NH+]2CCCC2)cc1. The van der Waals surface area contributed by atoms with Gasteiger partial charge < -0.3 is 10.2 Å². The molecule has 3 rings (SSSR count). The van der Waals surface area contributed by atoms with Crippen molar-refractivity contribution in [2.24, 2.45) is 0 Å². The Hall–Kier alpha value is -2.91. The molecule has 2 N–H and O–H groups in total. The van der Waals surface area contributed by atoms with Gasteiger partial charge in [0.2, 0.25) is 0 Å². The van der Waals surface area contributed by atoms with Crippen LogP contribution >= 0.6 is 0 Å². The summed E-state index contributed by atoms with van der Waals surface area (Å²) < 4.78 is 0. The van der Waals surface area contributed by atoms with Crippen LogP contribution in [-0.2, 0) is 13.1 Å². The van der Waals surface area contributed by atoms with E-state index in [1.807, 2.05) is 6.07 Å². The van der Waals surface area contributed by atoms with Crippen LogP contribution in [0.25, 0.3) is 0 Å². The van der Waals surface area contributed by atoms with Gasteiger partial charge in [-0.2, -0.15) is 5.26 Å². The molecule has 1 fully saturated rings. The number of quaternary nitrogens is 1. The zero-order chi connectivity index (χ0) is 17.6. The van der Waals surface area contributed by atoms with E-state index in [-0.39, 0.29) is 11.3 Å². The Morgan fingerprint density at radius 2 is 1.80 bits per heavy atom. The van der Waals surface area contributed by atoms with Crippen LogP contribution in [0.4, 0.5) is 11.4 Å². The van der Waals surface area contributed by atoms with Crippen LogP contribution in [0.15, 0.2) is 42.5 Å². The van der Waals surface area contributed by atoms with E-state index in [1.54, 1.807) is 11.0 Å². The Kier molecular flexibility index (Phi) is 5.26. The number of nitro groups is 1. The molecular weight excluding hydrogens is 316 g/mol. The second-order valence-electron chi connectivity index (χ2n) is 6.40. The number of hydrogen-bond acceptors (Lipinski definition) is 4. The van der Waals surface area contributed by atoms with Gasteiger partial charge in [0.25, 0.3) is 5.69 Å². The summed E-state index contributed by atoms with van der Waals surface area (Å²) in [4.78, 5) is 11.9. The first-order valence-corrected chi connectivity index (χ1v) is 8.49. The molecule has 1 aliphatic rings. The van der Waals surface area contributed by atoms with E-state index < -0.39 is 4.92 Å². The monoisotopic (exact) mass is 337 g/mol. The lowest BCUT2D eigenvalue weighted by molar-refractivity contribution is -0.901. The van der Waals surface area contributed by atoms with Gasteiger partial charge >= 0.3 is 0 Å². The Balaban J connectivity index is 1.61. The molecule has 6 nitrogen and oxygen atoms in total. The van der Waals surface area contributed by atoms with Gasteiger partial charge in [-0.25, -0.2) is 0 Å². The van der Waals surface area contributed by atoms with Gasteiger partial charge in [-0.15, -0.1) is 0 Å². The smallest absolute Gasteiger partial charge is 0.270 e. The number of benzene rings is 2. The largest absolute Gasteiger partial charge is 0.380 e. The predicted octanol–water partition coefficient (Wildman–Crippen LogP) is 2.26. The predicted molar refractivity (Wildman–Crippen MR) is 95.2 cm³/mol. The minimum Gasteiger partial charge on any atom is -0.380 e. The van der Waals surface area contributed by atoms with E-state index in [1.165, 1.54) is 43.6 Å². The van der Waals surface area contributed by atoms with Crippen LogP contribution in [0, 0.1) is 21.4 Å². The standard InChI is InChI=1S/C19H20N4O2/c20-12-17-11-18(23(24)25)7-8-19(17)21-13-15-3-5-16(6-4-15)14-22-9-1-2-10-22/h3-8,11,21H,1-2,9-10,13-14H2/p+1. The van der Waals surface area contributed by atoms with E-state index in [4.69, 9.17) is 0 Å². The van der Waals surface area contributed by atoms with E-state index in [0.717, 1.165) is 12.1 Å². The number of nitrogens with zero attached hydrogens (tertiary/aromatic N) is 2. The third-order valence-corrected chi connectivity index (χ3v) is 4.61. The number of non-ortho nitro benzene ring substituents is 1. The molecule has 0 aliphatic carbocycles. The summed E-state index contributed by atoms with van der Waals surface area (Å²) >= 11 is 0. The van der Waals surface area contributed by atoms with Crippen molar-refractivity contribution in [3.8, 4) is 6.07 Å². The maximum absolute atomic E-state index is 10.8. The van der Waals surface area contributed by atoms with Gasteiger partial charge in [0.1, 0.15) is 12.6 Å². The molecule has 25 heavy (non-hydrogen) atoms. The van der Waals surface area contributed by atoms with Crippen molar-refractivity contribution >= 4 is 11.4 Å². The van der Waals surface area contributed by atoms with Crippen molar-refractivity contribution in [1.82, 2.24) is 0 Å². The summed E-state index contributed by atoms with van der Waals surface area (Å²) in [5.74, 6) is 0. The Morgan fingerprint density at radius 3 is 2.44 bits per heavy atom. The fourth-order valence-electron chi connectivity index (χ4n) is 3.21. The van der Waals surface area contributed by atoms with Gasteiger partial charge in [-0.05, 0) is 11.6 Å². The molecule has 0 spiro atoms. The second-order valence-corrected chi connectivity index (χ2v) is 6.40. The van der Waals surface area contributed by atoms with Crippen LogP contribution < -0.4 is 10.2 Å². The highest BCUT2D eigenvalue weighted by atomic mass is 16.6. The summed E-state index contributed by atoms with van der Waals surface area (Å²) in [6, 6.07) is 14.8. The van der Waals surface area contributed by atoms with Crippen LogP contribution in [0.5, 0.6) is 0 Å². The lowest BCUT2D eigenvalue weighted by Crippen LogP contribution is -3.08. The summed E-state index contributed by atoms with van der Waals surface area (Å²) in [6.45, 7) is 4.18. The molecule has 0 amide bonds. The molecule has 1 heterocycles. The molecule has 2 aromatic carbocycles. The van der Waals surface area contributed by atoms with Crippen molar-refractivity contribution in [2.75, 3.05) is 18.4 Å². The van der Waals surface area contributed by atoms with Crippen LogP contribution in [0.2, 0.25) is 0 Å². The Bertz CT molecular complexity index is 790. The van der Waals surface area contributed by atoms with Gasteiger partial charge in [-0.1, -0.05) is 24.3 Å². The summed E-state index contributed by atoms with van der Waals surface area (Å²) in [7, 11) is 0. The number of nitriles is 1. The molecule has 6 heteroatoms. The van der Waals surface area contributed by atoms with E-state index in [2.05, 4.69) is 29.6 Å². The van der Waals surface area contributed by atoms with Crippen molar-refractivity contribution in [3.63, 3.8) is 0 Å². The Morgan fingerprint density at radius 1 is 1.12 bits per heavy atom. The molecule has 1 aliphatic heterocycles. The lowest BCUT2D eigenvalue weighted by atomic mass is 10.1. The lowest BCUT2D eigenvalue weighted by Gasteiger charge is -2.13. The first kappa shape index (κ1) is 16.9. The van der Waals surface area contributed by atoms with Gasteiger partial charge in [-0.3, -0.25) is 10.1 Å². The van der Waals surface area contributed by atoms with E-state index in [9.17, 15) is 15.4 Å². The molecule has 0 atom stereocenters. The quantitative estimate of drug-likeness (QED) is 0.625. The number of nitro benzene ring substituents is 1.